The van der Waals surface area contributed by atoms with Crippen molar-refractivity contribution in [3.05, 3.63) is 42.1 Å². The molecule has 0 aliphatic carbocycles. The molecule has 1 aromatic heterocycles. The summed E-state index contributed by atoms with van der Waals surface area (Å²) in [5, 5.41) is 4.59. The predicted molar refractivity (Wildman–Crippen MR) is 90.3 cm³/mol. The molecule has 23 heavy (non-hydrogen) atoms. The quantitative estimate of drug-likeness (QED) is 0.879. The molecule has 1 aromatic carbocycles. The number of carbonyl (C=O) groups is 1. The summed E-state index contributed by atoms with van der Waals surface area (Å²) in [4.78, 5) is 18.4. The highest BCUT2D eigenvalue weighted by atomic mass is 16.6. The van der Waals surface area contributed by atoms with Crippen molar-refractivity contribution in [2.45, 2.75) is 32.4 Å². The van der Waals surface area contributed by atoms with Gasteiger partial charge in [0, 0.05) is 31.2 Å². The van der Waals surface area contributed by atoms with Crippen molar-refractivity contribution in [2.24, 2.45) is 0 Å². The first-order valence-electron chi connectivity index (χ1n) is 7.98. The highest BCUT2D eigenvalue weighted by Gasteiger charge is 2.28. The van der Waals surface area contributed by atoms with Gasteiger partial charge < -0.3 is 15.0 Å². The van der Waals surface area contributed by atoms with Crippen molar-refractivity contribution in [1.82, 2.24) is 15.2 Å². The zero-order valence-corrected chi connectivity index (χ0v) is 13.9. The van der Waals surface area contributed by atoms with E-state index in [0.29, 0.717) is 13.1 Å². The summed E-state index contributed by atoms with van der Waals surface area (Å²) in [5.41, 5.74) is 1.68. The van der Waals surface area contributed by atoms with Crippen LogP contribution in [0.2, 0.25) is 0 Å². The summed E-state index contributed by atoms with van der Waals surface area (Å²) in [5.74, 6) is 0. The highest BCUT2D eigenvalue weighted by Crippen LogP contribution is 2.22. The van der Waals surface area contributed by atoms with Crippen molar-refractivity contribution in [1.29, 1.82) is 0 Å². The zero-order valence-electron chi connectivity index (χ0n) is 13.9. The van der Waals surface area contributed by atoms with Crippen LogP contribution in [-0.2, 0) is 4.74 Å². The number of benzene rings is 1. The van der Waals surface area contributed by atoms with E-state index in [-0.39, 0.29) is 12.1 Å². The van der Waals surface area contributed by atoms with Crippen LogP contribution in [0.1, 0.15) is 32.4 Å². The molecule has 2 heterocycles. The standard InChI is InChI=1S/C18H23N3O2/c1-18(2,3)23-17(22)21-10-9-20-16(12-21)14-6-7-15-13(11-14)5-4-8-19-15/h4-8,11,16,20H,9-10,12H2,1-3H3. The molecule has 1 unspecified atom stereocenters. The Morgan fingerprint density at radius 3 is 2.96 bits per heavy atom. The third-order valence-electron chi connectivity index (χ3n) is 3.86. The van der Waals surface area contributed by atoms with E-state index >= 15 is 0 Å². The van der Waals surface area contributed by atoms with Gasteiger partial charge in [-0.2, -0.15) is 0 Å². The molecule has 0 bridgehead atoms. The van der Waals surface area contributed by atoms with Gasteiger partial charge in [0.1, 0.15) is 5.60 Å². The van der Waals surface area contributed by atoms with E-state index in [1.54, 1.807) is 11.1 Å². The second-order valence-corrected chi connectivity index (χ2v) is 6.89. The van der Waals surface area contributed by atoms with Crippen LogP contribution in [0.5, 0.6) is 0 Å². The Morgan fingerprint density at radius 2 is 2.17 bits per heavy atom. The molecule has 1 N–H and O–H groups in total. The van der Waals surface area contributed by atoms with Gasteiger partial charge in [-0.15, -0.1) is 0 Å². The number of amides is 1. The fourth-order valence-electron chi connectivity index (χ4n) is 2.78. The van der Waals surface area contributed by atoms with Crippen molar-refractivity contribution < 1.29 is 9.53 Å². The van der Waals surface area contributed by atoms with Crippen LogP contribution in [0, 0.1) is 0 Å². The predicted octanol–water partition coefficient (Wildman–Crippen LogP) is 3.12. The largest absolute Gasteiger partial charge is 0.444 e. The number of ether oxygens (including phenoxy) is 1. The van der Waals surface area contributed by atoms with Gasteiger partial charge >= 0.3 is 6.09 Å². The van der Waals surface area contributed by atoms with E-state index in [1.165, 1.54) is 5.56 Å². The second kappa shape index (κ2) is 6.16. The maximum atomic E-state index is 12.3. The van der Waals surface area contributed by atoms with Gasteiger partial charge in [0.25, 0.3) is 0 Å². The average Bonchev–Trinajstić information content (AvgIpc) is 2.53. The Morgan fingerprint density at radius 1 is 1.35 bits per heavy atom. The van der Waals surface area contributed by atoms with Crippen LogP contribution in [0.15, 0.2) is 36.5 Å². The topological polar surface area (TPSA) is 54.5 Å². The van der Waals surface area contributed by atoms with Gasteiger partial charge in [-0.05, 0) is 44.5 Å². The van der Waals surface area contributed by atoms with E-state index in [0.717, 1.165) is 17.4 Å². The first-order valence-corrected chi connectivity index (χ1v) is 7.98. The summed E-state index contributed by atoms with van der Waals surface area (Å²) >= 11 is 0. The summed E-state index contributed by atoms with van der Waals surface area (Å²) in [7, 11) is 0. The van der Waals surface area contributed by atoms with Crippen molar-refractivity contribution in [3.63, 3.8) is 0 Å². The monoisotopic (exact) mass is 313 g/mol. The van der Waals surface area contributed by atoms with Gasteiger partial charge in [0.15, 0.2) is 0 Å². The molecule has 3 rings (SSSR count). The number of aromatic nitrogens is 1. The number of rotatable bonds is 1. The fourth-order valence-corrected chi connectivity index (χ4v) is 2.78. The van der Waals surface area contributed by atoms with Crippen LogP contribution in [-0.4, -0.2) is 41.2 Å². The number of carbonyl (C=O) groups excluding carboxylic acids is 1. The van der Waals surface area contributed by atoms with Gasteiger partial charge in [-0.25, -0.2) is 4.79 Å². The Hall–Kier alpha value is -2.14. The van der Waals surface area contributed by atoms with Gasteiger partial charge in [0.2, 0.25) is 0 Å². The van der Waals surface area contributed by atoms with Crippen molar-refractivity contribution in [3.8, 4) is 0 Å². The Kier molecular flexibility index (Phi) is 4.22. The van der Waals surface area contributed by atoms with Crippen LogP contribution >= 0.6 is 0 Å². The molecule has 1 aliphatic heterocycles. The average molecular weight is 313 g/mol. The lowest BCUT2D eigenvalue weighted by Crippen LogP contribution is -2.49. The van der Waals surface area contributed by atoms with Crippen LogP contribution in [0.25, 0.3) is 10.9 Å². The molecular formula is C18H23N3O2. The first-order chi connectivity index (χ1) is 10.9. The van der Waals surface area contributed by atoms with E-state index in [9.17, 15) is 4.79 Å². The van der Waals surface area contributed by atoms with Crippen LogP contribution < -0.4 is 5.32 Å². The van der Waals surface area contributed by atoms with Crippen molar-refractivity contribution in [2.75, 3.05) is 19.6 Å². The molecule has 5 nitrogen and oxygen atoms in total. The van der Waals surface area contributed by atoms with E-state index in [4.69, 9.17) is 4.74 Å². The maximum absolute atomic E-state index is 12.3. The normalized spacial score (nSPS) is 18.9. The number of pyridine rings is 1. The zero-order chi connectivity index (χ0) is 16.4. The third kappa shape index (κ3) is 3.79. The van der Waals surface area contributed by atoms with E-state index < -0.39 is 5.60 Å². The van der Waals surface area contributed by atoms with Crippen LogP contribution in [0.3, 0.4) is 0 Å². The number of fused-ring (bicyclic) bond motifs is 1. The number of nitrogens with zero attached hydrogens (tertiary/aromatic N) is 2. The van der Waals surface area contributed by atoms with Gasteiger partial charge in [-0.1, -0.05) is 12.1 Å². The summed E-state index contributed by atoms with van der Waals surface area (Å²) in [6, 6.07) is 10.3. The first kappa shape index (κ1) is 15.7. The number of piperazine rings is 1. The highest BCUT2D eigenvalue weighted by molar-refractivity contribution is 5.79. The molecular weight excluding hydrogens is 290 g/mol. The SMILES string of the molecule is CC(C)(C)OC(=O)N1CCNC(c2ccc3ncccc3c2)C1. The molecule has 1 saturated heterocycles. The molecule has 0 radical (unpaired) electrons. The fraction of sp³-hybridized carbons (Fsp3) is 0.444. The lowest BCUT2D eigenvalue weighted by atomic mass is 10.0. The maximum Gasteiger partial charge on any atom is 0.410 e. The number of hydrogen-bond donors (Lipinski definition) is 1. The molecule has 1 aliphatic rings. The molecule has 0 spiro atoms. The van der Waals surface area contributed by atoms with Crippen molar-refractivity contribution >= 4 is 17.0 Å². The molecule has 1 amide bonds. The number of hydrogen-bond acceptors (Lipinski definition) is 4. The van der Waals surface area contributed by atoms with Crippen LogP contribution in [0.4, 0.5) is 4.79 Å². The summed E-state index contributed by atoms with van der Waals surface area (Å²) in [6.45, 7) is 7.71. The smallest absolute Gasteiger partial charge is 0.410 e. The third-order valence-corrected chi connectivity index (χ3v) is 3.86. The molecule has 1 fully saturated rings. The minimum Gasteiger partial charge on any atom is -0.444 e. The lowest BCUT2D eigenvalue weighted by molar-refractivity contribution is 0.0195. The second-order valence-electron chi connectivity index (χ2n) is 6.89. The minimum atomic E-state index is -0.466. The van der Waals surface area contributed by atoms with E-state index in [2.05, 4.69) is 28.5 Å². The molecule has 1 atom stereocenters. The summed E-state index contributed by atoms with van der Waals surface area (Å²) in [6.07, 6.45) is 1.55. The Bertz CT molecular complexity index is 709. The molecule has 5 heteroatoms. The lowest BCUT2D eigenvalue weighted by Gasteiger charge is -2.35. The Balaban J connectivity index is 1.75. The molecule has 2 aromatic rings. The Labute approximate surface area is 136 Å². The minimum absolute atomic E-state index is 0.112. The molecule has 0 saturated carbocycles. The van der Waals surface area contributed by atoms with Gasteiger partial charge in [0.05, 0.1) is 11.6 Å². The van der Waals surface area contributed by atoms with E-state index in [1.807, 2.05) is 32.9 Å². The molecule has 122 valence electrons. The summed E-state index contributed by atoms with van der Waals surface area (Å²) < 4.78 is 5.48. The van der Waals surface area contributed by atoms with Gasteiger partial charge in [-0.3, -0.25) is 4.98 Å². The number of nitrogens with one attached hydrogen (secondary N) is 1.